The summed E-state index contributed by atoms with van der Waals surface area (Å²) in [6.45, 7) is 4.86. The standard InChI is InChI=1S/C18H15N3O6.C9H6O6.3CO2/c1-4-19-13(22)7-8(14(19)23)10-12(18(27)21(6-3)16(10)25)11-9(7)15(24)20(5-2)17(11)26;10-7(11)4-2-1-3-5(8(12)13)6(4)9(14)15;3*2-1-3/h4-6H2,1-3H3;1-3H,(H,10,11)(H,12,13)(H,14,15);;;. The summed E-state index contributed by atoms with van der Waals surface area (Å²) in [7, 11) is 0. The molecule has 3 heterocycles. The zero-order valence-corrected chi connectivity index (χ0v) is 26.2. The molecule has 0 bridgehead atoms. The third-order valence-corrected chi connectivity index (χ3v) is 6.94. The van der Waals surface area contributed by atoms with Crippen LogP contribution in [0.15, 0.2) is 47.0 Å². The highest BCUT2D eigenvalue weighted by molar-refractivity contribution is 6.25. The van der Waals surface area contributed by atoms with E-state index in [1.165, 1.54) is 6.07 Å². The number of aromatic nitrogens is 3. The van der Waals surface area contributed by atoms with Crippen LogP contribution in [0.1, 0.15) is 51.8 Å². The van der Waals surface area contributed by atoms with Crippen molar-refractivity contribution in [1.82, 2.24) is 13.7 Å². The Kier molecular flexibility index (Phi) is 14.2. The SMILES string of the molecule is CCn1c(=O)c2c3c(=O)n(CC)c(=O)c3c3c(=O)n(CC)c(=O)c3c2c1=O.O=C(O)c1cccc(C(=O)O)c1C(=O)O.O=C=O.O=C=O.O=C=O. The van der Waals surface area contributed by atoms with E-state index >= 15 is 0 Å². The van der Waals surface area contributed by atoms with E-state index in [1.807, 2.05) is 0 Å². The number of carboxylic acids is 3. The molecule has 3 aromatic heterocycles. The fourth-order valence-corrected chi connectivity index (χ4v) is 5.12. The third kappa shape index (κ3) is 7.45. The fourth-order valence-electron chi connectivity index (χ4n) is 5.12. The molecule has 0 amide bonds. The summed E-state index contributed by atoms with van der Waals surface area (Å²) >= 11 is 0. The molecule has 0 unspecified atom stereocenters. The Labute approximate surface area is 278 Å². The minimum absolute atomic E-state index is 0.0369. The van der Waals surface area contributed by atoms with Crippen molar-refractivity contribution in [2.75, 3.05) is 0 Å². The Morgan fingerprint density at radius 1 is 0.471 bits per heavy atom. The number of aromatic carboxylic acids is 3. The van der Waals surface area contributed by atoms with Crippen LogP contribution in [0.3, 0.4) is 0 Å². The summed E-state index contributed by atoms with van der Waals surface area (Å²) in [5.41, 5.74) is -6.17. The molecule has 0 aliphatic rings. The maximum absolute atomic E-state index is 12.8. The second-order valence-electron chi connectivity index (χ2n) is 9.21. The average molecular weight is 712 g/mol. The van der Waals surface area contributed by atoms with Gasteiger partial charge in [0.1, 0.15) is 0 Å². The molecule has 3 N–H and O–H groups in total. The molecule has 2 aromatic carbocycles. The maximum atomic E-state index is 12.8. The van der Waals surface area contributed by atoms with Crippen LogP contribution in [0, 0.1) is 0 Å². The zero-order chi connectivity index (χ0) is 39.5. The minimum Gasteiger partial charge on any atom is -0.478 e. The number of carboxylic acid groups (broad SMARTS) is 3. The topological polar surface area (TPSA) is 332 Å². The van der Waals surface area contributed by atoms with E-state index in [0.717, 1.165) is 25.8 Å². The van der Waals surface area contributed by atoms with Crippen molar-refractivity contribution in [3.05, 3.63) is 97.0 Å². The quantitative estimate of drug-likeness (QED) is 0.173. The Morgan fingerprint density at radius 2 is 0.667 bits per heavy atom. The zero-order valence-electron chi connectivity index (χ0n) is 26.2. The van der Waals surface area contributed by atoms with Crippen molar-refractivity contribution in [2.24, 2.45) is 0 Å². The number of benzene rings is 2. The maximum Gasteiger partial charge on any atom is 0.373 e. The number of fused-ring (bicyclic) bond motifs is 6. The molecule has 5 rings (SSSR count). The van der Waals surface area contributed by atoms with Gasteiger partial charge < -0.3 is 15.3 Å². The lowest BCUT2D eigenvalue weighted by molar-refractivity contribution is -0.193. The first-order valence-corrected chi connectivity index (χ1v) is 13.6. The number of rotatable bonds is 6. The molecule has 0 aliphatic heterocycles. The summed E-state index contributed by atoms with van der Waals surface area (Å²) in [6.07, 6.45) is 0.750. The van der Waals surface area contributed by atoms with Crippen molar-refractivity contribution in [1.29, 1.82) is 0 Å². The molecule has 51 heavy (non-hydrogen) atoms. The molecule has 0 saturated heterocycles. The first kappa shape index (κ1) is 41.4. The van der Waals surface area contributed by atoms with E-state index in [1.54, 1.807) is 20.8 Å². The second kappa shape index (κ2) is 17.5. The van der Waals surface area contributed by atoms with E-state index in [9.17, 15) is 43.2 Å². The van der Waals surface area contributed by atoms with Crippen LogP contribution in [-0.4, -0.2) is 65.4 Å². The molecule has 0 fully saturated rings. The van der Waals surface area contributed by atoms with Gasteiger partial charge in [0.15, 0.2) is 0 Å². The predicted octanol–water partition coefficient (Wildman–Crippen LogP) is -1.88. The smallest absolute Gasteiger partial charge is 0.373 e. The van der Waals surface area contributed by atoms with Gasteiger partial charge in [0.05, 0.1) is 49.0 Å². The van der Waals surface area contributed by atoms with Gasteiger partial charge in [0.2, 0.25) is 0 Å². The van der Waals surface area contributed by atoms with Crippen LogP contribution in [0.5, 0.6) is 0 Å². The molecule has 5 aromatic rings. The van der Waals surface area contributed by atoms with Crippen LogP contribution in [0.4, 0.5) is 0 Å². The van der Waals surface area contributed by atoms with Crippen LogP contribution >= 0.6 is 0 Å². The Bertz CT molecular complexity index is 2220. The summed E-state index contributed by atoms with van der Waals surface area (Å²) in [5, 5.41) is 24.6. The highest BCUT2D eigenvalue weighted by Gasteiger charge is 2.30. The largest absolute Gasteiger partial charge is 0.478 e. The first-order chi connectivity index (χ1) is 24.0. The molecule has 21 heteroatoms. The lowest BCUT2D eigenvalue weighted by atomic mass is 10.0. The van der Waals surface area contributed by atoms with Gasteiger partial charge >= 0.3 is 36.4 Å². The average Bonchev–Trinajstić information content (AvgIpc) is 3.58. The van der Waals surface area contributed by atoms with Gasteiger partial charge in [-0.2, -0.15) is 28.8 Å². The lowest BCUT2D eigenvalue weighted by Gasteiger charge is -2.04. The summed E-state index contributed by atoms with van der Waals surface area (Å²) < 4.78 is 2.72. The molecular weight excluding hydrogens is 690 g/mol. The second-order valence-corrected chi connectivity index (χ2v) is 9.21. The van der Waals surface area contributed by atoms with Crippen molar-refractivity contribution < 1.29 is 58.5 Å². The van der Waals surface area contributed by atoms with Gasteiger partial charge in [-0.25, -0.2) is 14.4 Å². The predicted molar refractivity (Wildman–Crippen MR) is 163 cm³/mol. The number of carbonyl (C=O) groups is 3. The molecule has 0 radical (unpaired) electrons. The van der Waals surface area contributed by atoms with Gasteiger partial charge in [-0.15, -0.1) is 0 Å². The van der Waals surface area contributed by atoms with Gasteiger partial charge in [-0.3, -0.25) is 42.5 Å². The summed E-state index contributed by atoms with van der Waals surface area (Å²) in [4.78, 5) is 158. The number of nitrogens with zero attached hydrogens (tertiary/aromatic N) is 3. The normalized spacial score (nSPS) is 9.71. The monoisotopic (exact) mass is 711 g/mol. The summed E-state index contributed by atoms with van der Waals surface area (Å²) in [5.74, 6) is -4.53. The van der Waals surface area contributed by atoms with Crippen LogP contribution in [-0.2, 0) is 48.4 Å². The molecule has 0 saturated carbocycles. The van der Waals surface area contributed by atoms with Crippen molar-refractivity contribution in [3.63, 3.8) is 0 Å². The van der Waals surface area contributed by atoms with Crippen LogP contribution < -0.4 is 33.4 Å². The van der Waals surface area contributed by atoms with Gasteiger partial charge in [0.25, 0.3) is 33.4 Å². The van der Waals surface area contributed by atoms with Crippen LogP contribution in [0.2, 0.25) is 0 Å². The molecule has 0 atom stereocenters. The third-order valence-electron chi connectivity index (χ3n) is 6.94. The van der Waals surface area contributed by atoms with E-state index in [-0.39, 0.29) is 70.4 Å². The number of hydrogen-bond donors (Lipinski definition) is 3. The van der Waals surface area contributed by atoms with Gasteiger partial charge in [-0.1, -0.05) is 6.07 Å². The molecule has 0 spiro atoms. The van der Waals surface area contributed by atoms with Crippen molar-refractivity contribution >= 4 is 68.7 Å². The minimum atomic E-state index is -1.58. The first-order valence-electron chi connectivity index (χ1n) is 13.6. The van der Waals surface area contributed by atoms with Gasteiger partial charge in [0, 0.05) is 19.6 Å². The van der Waals surface area contributed by atoms with E-state index in [0.29, 0.717) is 0 Å². The summed E-state index contributed by atoms with van der Waals surface area (Å²) in [6, 6.07) is 3.26. The molecule has 0 aliphatic carbocycles. The van der Waals surface area contributed by atoms with Crippen LogP contribution in [0.25, 0.3) is 32.3 Å². The Hall–Kier alpha value is -7.59. The molecule has 264 valence electrons. The lowest BCUT2D eigenvalue weighted by Crippen LogP contribution is -2.25. The van der Waals surface area contributed by atoms with E-state index in [4.69, 9.17) is 44.1 Å². The van der Waals surface area contributed by atoms with Crippen molar-refractivity contribution in [2.45, 2.75) is 40.4 Å². The fraction of sp³-hybridized carbons (Fsp3) is 0.200. The molecule has 21 nitrogen and oxygen atoms in total. The number of carbonyl (C=O) groups excluding carboxylic acids is 6. The van der Waals surface area contributed by atoms with E-state index in [2.05, 4.69) is 0 Å². The van der Waals surface area contributed by atoms with Crippen molar-refractivity contribution in [3.8, 4) is 0 Å². The highest BCUT2D eigenvalue weighted by Crippen LogP contribution is 2.25. The highest BCUT2D eigenvalue weighted by atomic mass is 16.4. The molecular formula is C30H21N3O18. The van der Waals surface area contributed by atoms with E-state index < -0.39 is 68.0 Å². The van der Waals surface area contributed by atoms with Gasteiger partial charge in [-0.05, 0) is 32.9 Å². The Morgan fingerprint density at radius 3 is 0.804 bits per heavy atom. The Balaban J connectivity index is 0.000000457. The number of hydrogen-bond acceptors (Lipinski definition) is 15.